The van der Waals surface area contributed by atoms with E-state index >= 15 is 0 Å². The fraction of sp³-hybridized carbons (Fsp3) is 0.0704. The molecule has 4 aromatic heterocycles. The fourth-order valence-corrected chi connectivity index (χ4v) is 12.2. The first kappa shape index (κ1) is 45.8. The molecule has 10 aromatic carbocycles. The molecule has 0 radical (unpaired) electrons. The molecule has 0 N–H and O–H groups in total. The average molecular weight is 991 g/mol. The largest absolute Gasteiger partial charge is 0.307 e. The van der Waals surface area contributed by atoms with Gasteiger partial charge in [-0.05, 0) is 65.9 Å². The van der Waals surface area contributed by atoms with Gasteiger partial charge in [-0.25, -0.2) is 4.99 Å². The Bertz CT molecular complexity index is 5010. The summed E-state index contributed by atoms with van der Waals surface area (Å²) in [6, 6.07) is 80.6. The highest BCUT2D eigenvalue weighted by atomic mass is 15.2. The minimum Gasteiger partial charge on any atom is -0.307 e. The molecule has 14 aromatic rings. The molecule has 0 aliphatic heterocycles. The summed E-state index contributed by atoms with van der Waals surface area (Å²) in [6.07, 6.45) is 6.81. The van der Waals surface area contributed by atoms with Gasteiger partial charge >= 0.3 is 0 Å². The second kappa shape index (κ2) is 18.6. The van der Waals surface area contributed by atoms with Crippen molar-refractivity contribution in [3.05, 3.63) is 258 Å². The number of hydrogen-bond donors (Lipinski definition) is 0. The number of para-hydroxylation sites is 4. The average Bonchev–Trinajstić information content (AvgIpc) is 4.39. The predicted molar refractivity (Wildman–Crippen MR) is 327 cm³/mol. The minimum absolute atomic E-state index is 0.509. The normalized spacial score (nSPS) is 12.8. The lowest BCUT2D eigenvalue weighted by molar-refractivity contribution is 1.06. The van der Waals surface area contributed by atoms with Gasteiger partial charge in [0.15, 0.2) is 0 Å². The van der Waals surface area contributed by atoms with Crippen LogP contribution in [0.2, 0.25) is 0 Å². The Hall–Kier alpha value is -9.78. The smallest absolute Gasteiger partial charge is 0.236 e. The van der Waals surface area contributed by atoms with E-state index in [1.54, 1.807) is 0 Å². The van der Waals surface area contributed by atoms with Crippen LogP contribution in [0.1, 0.15) is 39.2 Å². The third-order valence-corrected chi connectivity index (χ3v) is 15.3. The summed E-state index contributed by atoms with van der Waals surface area (Å²) in [7, 11) is 0. The second-order valence-electron chi connectivity index (χ2n) is 20.0. The molecule has 0 spiro atoms. The Balaban J connectivity index is 0.00000176. The van der Waals surface area contributed by atoms with Crippen LogP contribution in [0.15, 0.2) is 241 Å². The quantitative estimate of drug-likeness (QED) is 0.122. The molecule has 4 heterocycles. The number of hydrogen-bond acceptors (Lipinski definition) is 1. The molecule has 1 aliphatic rings. The van der Waals surface area contributed by atoms with Crippen molar-refractivity contribution in [2.24, 2.45) is 9.98 Å². The maximum Gasteiger partial charge on any atom is 0.236 e. The molecule has 6 nitrogen and oxygen atoms in total. The van der Waals surface area contributed by atoms with E-state index in [4.69, 9.17) is 16.6 Å². The highest BCUT2D eigenvalue weighted by Crippen LogP contribution is 2.43. The lowest BCUT2D eigenvalue weighted by Gasteiger charge is -2.15. The SMILES string of the molecule is C=C(/N=C(\N=C(/C)c1ccccc1)n1c2ccccc2c2ccc3c4ccccc4n(-c4ccccc4)c3c21)n1c2c3ccccc3ccc2c2ccc3c4c(n(-c5ccccc5)c3c21)=c1ccccc1=CCC=4.CCC. The zero-order chi connectivity index (χ0) is 51.7. The molecule has 15 rings (SSSR count). The highest BCUT2D eigenvalue weighted by molar-refractivity contribution is 6.28. The monoisotopic (exact) mass is 990 g/mol. The third-order valence-electron chi connectivity index (χ3n) is 15.3. The van der Waals surface area contributed by atoms with Gasteiger partial charge in [-0.15, -0.1) is 0 Å². The minimum atomic E-state index is 0.509. The standard InChI is InChI=1S/C68H46N6.C3H8/c1-43(45-21-6-3-7-22-45)69-68(74-61-36-19-17-33-53(61)56-40-39-55-52-32-16-18-35-60(52)72(65(55)67(56)74)48-26-8-4-9-27-48)70-44(2)71-62-51-31-15-13-24-47(51)37-38-57(62)59-42-41-58-54-34-20-25-46-23-12-14-30-50(46)63(54)73(66(58)64(59)71)49-28-10-5-11-29-49;1-3-2/h3-19,21-42H,2,20H2,1H3;3H2,1-2H3/b69-43+,70-68+;. The van der Waals surface area contributed by atoms with Crippen molar-refractivity contribution in [1.82, 2.24) is 18.3 Å². The Kier molecular flexibility index (Phi) is 11.0. The summed E-state index contributed by atoms with van der Waals surface area (Å²) < 4.78 is 9.53. The van der Waals surface area contributed by atoms with Crippen molar-refractivity contribution >= 4 is 117 Å². The van der Waals surface area contributed by atoms with Crippen molar-refractivity contribution in [3.8, 4) is 11.4 Å². The number of benzene rings is 10. The van der Waals surface area contributed by atoms with E-state index in [1.165, 1.54) is 38.2 Å². The van der Waals surface area contributed by atoms with Crippen molar-refractivity contribution in [3.63, 3.8) is 0 Å². The summed E-state index contributed by atoms with van der Waals surface area (Å²) in [6.45, 7) is 11.4. The molecular formula is C71H54N6. The molecule has 0 fully saturated rings. The Morgan fingerprint density at radius 3 is 1.66 bits per heavy atom. The molecule has 1 aliphatic carbocycles. The van der Waals surface area contributed by atoms with Crippen LogP contribution >= 0.6 is 0 Å². The van der Waals surface area contributed by atoms with Crippen molar-refractivity contribution in [1.29, 1.82) is 0 Å². The van der Waals surface area contributed by atoms with Crippen LogP contribution in [0.3, 0.4) is 0 Å². The van der Waals surface area contributed by atoms with Gasteiger partial charge < -0.3 is 9.13 Å². The number of rotatable bonds is 5. The summed E-state index contributed by atoms with van der Waals surface area (Å²) in [4.78, 5) is 11.5. The van der Waals surface area contributed by atoms with Crippen LogP contribution < -0.4 is 10.4 Å². The zero-order valence-electron chi connectivity index (χ0n) is 43.3. The molecule has 0 amide bonds. The first-order valence-corrected chi connectivity index (χ1v) is 26.8. The van der Waals surface area contributed by atoms with Gasteiger partial charge in [-0.3, -0.25) is 9.13 Å². The fourth-order valence-electron chi connectivity index (χ4n) is 12.2. The van der Waals surface area contributed by atoms with E-state index < -0.39 is 0 Å². The van der Waals surface area contributed by atoms with E-state index in [9.17, 15) is 0 Å². The molecular weight excluding hydrogens is 937 g/mol. The van der Waals surface area contributed by atoms with E-state index in [0.717, 1.165) is 105 Å². The van der Waals surface area contributed by atoms with Gasteiger partial charge in [0, 0.05) is 70.6 Å². The first-order valence-electron chi connectivity index (χ1n) is 26.8. The highest BCUT2D eigenvalue weighted by Gasteiger charge is 2.26. The second-order valence-corrected chi connectivity index (χ2v) is 20.0. The van der Waals surface area contributed by atoms with Crippen LogP contribution in [0.25, 0.3) is 116 Å². The van der Waals surface area contributed by atoms with E-state index in [1.807, 2.05) is 6.07 Å². The van der Waals surface area contributed by atoms with Crippen LogP contribution in [0, 0.1) is 10.6 Å². The molecule has 77 heavy (non-hydrogen) atoms. The van der Waals surface area contributed by atoms with Crippen LogP contribution in [-0.2, 0) is 0 Å². The lowest BCUT2D eigenvalue weighted by atomic mass is 10.1. The number of fused-ring (bicyclic) bond motifs is 17. The number of aromatic nitrogens is 4. The summed E-state index contributed by atoms with van der Waals surface area (Å²) >= 11 is 0. The van der Waals surface area contributed by atoms with E-state index in [-0.39, 0.29) is 0 Å². The van der Waals surface area contributed by atoms with Crippen molar-refractivity contribution < 1.29 is 0 Å². The van der Waals surface area contributed by atoms with Crippen molar-refractivity contribution in [2.75, 3.05) is 0 Å². The lowest BCUT2D eigenvalue weighted by Crippen LogP contribution is -2.14. The van der Waals surface area contributed by atoms with Crippen molar-refractivity contribution in [2.45, 2.75) is 33.6 Å². The van der Waals surface area contributed by atoms with Crippen LogP contribution in [-0.4, -0.2) is 29.9 Å². The van der Waals surface area contributed by atoms with Gasteiger partial charge in [0.1, 0.15) is 5.82 Å². The topological polar surface area (TPSA) is 44.4 Å². The molecule has 6 heteroatoms. The van der Waals surface area contributed by atoms with E-state index in [2.05, 4.69) is 270 Å². The number of aliphatic imine (C=N–C) groups is 2. The maximum absolute atomic E-state index is 5.87. The van der Waals surface area contributed by atoms with Gasteiger partial charge in [0.2, 0.25) is 5.96 Å². The Morgan fingerprint density at radius 2 is 0.935 bits per heavy atom. The summed E-state index contributed by atoms with van der Waals surface area (Å²) in [5.74, 6) is 1.05. The molecule has 0 saturated heterocycles. The first-order chi connectivity index (χ1) is 38.0. The Morgan fingerprint density at radius 1 is 0.429 bits per heavy atom. The van der Waals surface area contributed by atoms with Crippen LogP contribution in [0.4, 0.5) is 0 Å². The van der Waals surface area contributed by atoms with Gasteiger partial charge in [-0.2, -0.15) is 4.99 Å². The Labute approximate surface area is 445 Å². The van der Waals surface area contributed by atoms with Gasteiger partial charge in [0.05, 0.1) is 44.0 Å². The van der Waals surface area contributed by atoms with Crippen LogP contribution in [0.5, 0.6) is 0 Å². The van der Waals surface area contributed by atoms with Gasteiger partial charge in [-0.1, -0.05) is 227 Å². The van der Waals surface area contributed by atoms with E-state index in [0.29, 0.717) is 11.8 Å². The third kappa shape index (κ3) is 7.17. The van der Waals surface area contributed by atoms with Gasteiger partial charge in [0.25, 0.3) is 0 Å². The molecule has 368 valence electrons. The number of nitrogens with zero attached hydrogens (tertiary/aromatic N) is 6. The zero-order valence-corrected chi connectivity index (χ0v) is 43.3. The molecule has 0 saturated carbocycles. The molecule has 0 bridgehead atoms. The maximum atomic E-state index is 5.87. The molecule has 0 atom stereocenters. The predicted octanol–water partition coefficient (Wildman–Crippen LogP) is 16.6. The molecule has 0 unspecified atom stereocenters. The summed E-state index contributed by atoms with van der Waals surface area (Å²) in [5.41, 5.74) is 11.4. The summed E-state index contributed by atoms with van der Waals surface area (Å²) in [5, 5.41) is 15.0.